The Hall–Kier alpha value is -1.62. The Labute approximate surface area is 123 Å². The topological polar surface area (TPSA) is 72.2 Å². The van der Waals surface area contributed by atoms with Gasteiger partial charge in [-0.2, -0.15) is 0 Å². The number of nitrogens with zero attached hydrogens (tertiary/aromatic N) is 1. The molecule has 0 aliphatic carbocycles. The predicted octanol–water partition coefficient (Wildman–Crippen LogP) is 3.66. The second-order valence-electron chi connectivity index (χ2n) is 5.90. The van der Waals surface area contributed by atoms with Crippen molar-refractivity contribution in [1.82, 2.24) is 5.32 Å². The van der Waals surface area contributed by atoms with Gasteiger partial charge in [0.2, 0.25) is 0 Å². The molecule has 1 unspecified atom stereocenters. The second-order valence-corrected chi connectivity index (χ2v) is 6.31. The van der Waals surface area contributed by atoms with Gasteiger partial charge in [-0.25, -0.2) is 0 Å². The molecule has 0 saturated carbocycles. The minimum absolute atomic E-state index is 0.0834. The minimum atomic E-state index is -0.546. The molecule has 0 radical (unpaired) electrons. The Morgan fingerprint density at radius 2 is 2.05 bits per heavy atom. The molecule has 1 N–H and O–H groups in total. The molecule has 110 valence electrons. The molecule has 6 heteroatoms. The quantitative estimate of drug-likeness (QED) is 0.681. The molecule has 0 fully saturated rings. The van der Waals surface area contributed by atoms with Crippen molar-refractivity contribution in [2.75, 3.05) is 6.54 Å². The largest absolute Gasteiger partial charge is 0.352 e. The van der Waals surface area contributed by atoms with Crippen LogP contribution >= 0.6 is 11.6 Å². The second kappa shape index (κ2) is 6.22. The fraction of sp³-hybridized carbons (Fsp3) is 0.500. The predicted molar refractivity (Wildman–Crippen MR) is 79.1 cm³/mol. The van der Waals surface area contributed by atoms with Gasteiger partial charge in [0.05, 0.1) is 15.5 Å². The summed E-state index contributed by atoms with van der Waals surface area (Å²) in [6.07, 6.45) is 0. The summed E-state index contributed by atoms with van der Waals surface area (Å²) in [5.74, 6) is -0.0238. The lowest BCUT2D eigenvalue weighted by atomic mass is 9.82. The summed E-state index contributed by atoms with van der Waals surface area (Å²) >= 11 is 5.91. The van der Waals surface area contributed by atoms with E-state index in [0.717, 1.165) is 0 Å². The first-order valence-electron chi connectivity index (χ1n) is 6.35. The molecule has 5 nitrogen and oxygen atoms in total. The van der Waals surface area contributed by atoms with Crippen molar-refractivity contribution in [3.05, 3.63) is 38.9 Å². The molecule has 1 aromatic rings. The van der Waals surface area contributed by atoms with Crippen LogP contribution in [0.15, 0.2) is 18.2 Å². The van der Waals surface area contributed by atoms with E-state index in [-0.39, 0.29) is 27.6 Å². The maximum absolute atomic E-state index is 12.0. The lowest BCUT2D eigenvalue weighted by Crippen LogP contribution is -2.33. The molecule has 1 amide bonds. The smallest absolute Gasteiger partial charge is 0.270 e. The summed E-state index contributed by atoms with van der Waals surface area (Å²) in [6, 6.07) is 3.83. The molecule has 20 heavy (non-hydrogen) atoms. The number of nitrogens with one attached hydrogen (secondary N) is 1. The highest BCUT2D eigenvalue weighted by atomic mass is 35.5. The number of benzene rings is 1. The summed E-state index contributed by atoms with van der Waals surface area (Å²) in [5.41, 5.74) is 0.208. The third kappa shape index (κ3) is 4.20. The van der Waals surface area contributed by atoms with Gasteiger partial charge < -0.3 is 5.32 Å². The van der Waals surface area contributed by atoms with E-state index in [2.05, 4.69) is 33.0 Å². The van der Waals surface area contributed by atoms with Gasteiger partial charge in [0.15, 0.2) is 0 Å². The summed E-state index contributed by atoms with van der Waals surface area (Å²) in [4.78, 5) is 22.1. The molecule has 0 aliphatic heterocycles. The number of halogens is 1. The molecular weight excluding hydrogens is 280 g/mol. The number of hydrogen-bond donors (Lipinski definition) is 1. The van der Waals surface area contributed by atoms with E-state index in [1.807, 2.05) is 0 Å². The van der Waals surface area contributed by atoms with Crippen molar-refractivity contribution in [3.8, 4) is 0 Å². The fourth-order valence-electron chi connectivity index (χ4n) is 1.45. The highest BCUT2D eigenvalue weighted by Crippen LogP contribution is 2.25. The maximum atomic E-state index is 12.0. The molecule has 1 aromatic carbocycles. The molecule has 0 aliphatic rings. The van der Waals surface area contributed by atoms with Crippen LogP contribution in [0.4, 0.5) is 5.69 Å². The van der Waals surface area contributed by atoms with Crippen LogP contribution in [0.3, 0.4) is 0 Å². The van der Waals surface area contributed by atoms with Gasteiger partial charge in [0.1, 0.15) is 0 Å². The van der Waals surface area contributed by atoms with Crippen molar-refractivity contribution in [3.63, 3.8) is 0 Å². The standard InChI is InChI=1S/C14H19ClN2O3/c1-9(14(2,3)4)8-16-13(18)11-6-5-10(17(19)20)7-12(11)15/h5-7,9H,8H2,1-4H3,(H,16,18). The molecule has 1 atom stereocenters. The number of hydrogen-bond acceptors (Lipinski definition) is 3. The van der Waals surface area contributed by atoms with E-state index in [0.29, 0.717) is 12.5 Å². The monoisotopic (exact) mass is 298 g/mol. The van der Waals surface area contributed by atoms with Gasteiger partial charge in [-0.1, -0.05) is 39.3 Å². The van der Waals surface area contributed by atoms with Crippen molar-refractivity contribution in [2.45, 2.75) is 27.7 Å². The zero-order valence-electron chi connectivity index (χ0n) is 12.1. The van der Waals surface area contributed by atoms with E-state index in [1.54, 1.807) is 0 Å². The summed E-state index contributed by atoms with van der Waals surface area (Å²) in [7, 11) is 0. The zero-order chi connectivity index (χ0) is 15.5. The molecule has 0 aromatic heterocycles. The van der Waals surface area contributed by atoms with Gasteiger partial charge in [-0.3, -0.25) is 14.9 Å². The molecule has 1 rings (SSSR count). The van der Waals surface area contributed by atoms with E-state index < -0.39 is 4.92 Å². The van der Waals surface area contributed by atoms with Crippen LogP contribution in [0.2, 0.25) is 5.02 Å². The highest BCUT2D eigenvalue weighted by molar-refractivity contribution is 6.34. The van der Waals surface area contributed by atoms with E-state index in [9.17, 15) is 14.9 Å². The number of carbonyl (C=O) groups is 1. The van der Waals surface area contributed by atoms with Crippen LogP contribution in [-0.4, -0.2) is 17.4 Å². The summed E-state index contributed by atoms with van der Waals surface area (Å²) in [6.45, 7) is 8.88. The minimum Gasteiger partial charge on any atom is -0.352 e. The average Bonchev–Trinajstić information content (AvgIpc) is 2.33. The van der Waals surface area contributed by atoms with Crippen LogP contribution < -0.4 is 5.32 Å². The van der Waals surface area contributed by atoms with Crippen LogP contribution in [0, 0.1) is 21.4 Å². The van der Waals surface area contributed by atoms with Crippen molar-refractivity contribution < 1.29 is 9.72 Å². The highest BCUT2D eigenvalue weighted by Gasteiger charge is 2.21. The van der Waals surface area contributed by atoms with Gasteiger partial charge in [0.25, 0.3) is 11.6 Å². The molecule has 0 bridgehead atoms. The summed E-state index contributed by atoms with van der Waals surface area (Å²) < 4.78 is 0. The molecular formula is C14H19ClN2O3. The number of amides is 1. The number of nitro groups is 1. The van der Waals surface area contributed by atoms with Gasteiger partial charge in [0, 0.05) is 18.7 Å². The zero-order valence-corrected chi connectivity index (χ0v) is 12.8. The first-order chi connectivity index (χ1) is 9.12. The number of nitro benzene ring substituents is 1. The third-order valence-corrected chi connectivity index (χ3v) is 3.77. The van der Waals surface area contributed by atoms with E-state index in [1.165, 1.54) is 18.2 Å². The van der Waals surface area contributed by atoms with E-state index in [4.69, 9.17) is 11.6 Å². The molecule has 0 saturated heterocycles. The lowest BCUT2D eigenvalue weighted by Gasteiger charge is -2.27. The SMILES string of the molecule is CC(CNC(=O)c1ccc([N+](=O)[O-])cc1Cl)C(C)(C)C. The van der Waals surface area contributed by atoms with Gasteiger partial charge in [-0.15, -0.1) is 0 Å². The molecule has 0 heterocycles. The fourth-order valence-corrected chi connectivity index (χ4v) is 1.71. The number of rotatable bonds is 4. The van der Waals surface area contributed by atoms with Crippen molar-refractivity contribution in [1.29, 1.82) is 0 Å². The summed E-state index contributed by atoms with van der Waals surface area (Å²) in [5, 5.41) is 13.5. The average molecular weight is 299 g/mol. The Kier molecular flexibility index (Phi) is 5.11. The van der Waals surface area contributed by atoms with E-state index >= 15 is 0 Å². The van der Waals surface area contributed by atoms with Gasteiger partial charge >= 0.3 is 0 Å². The Morgan fingerprint density at radius 1 is 1.45 bits per heavy atom. The first-order valence-corrected chi connectivity index (χ1v) is 6.73. The first kappa shape index (κ1) is 16.4. The Bertz CT molecular complexity index is 524. The van der Waals surface area contributed by atoms with Crippen LogP contribution in [0.5, 0.6) is 0 Å². The normalized spacial score (nSPS) is 12.8. The Morgan fingerprint density at radius 3 is 2.50 bits per heavy atom. The molecule has 0 spiro atoms. The third-order valence-electron chi connectivity index (χ3n) is 3.46. The Balaban J connectivity index is 2.76. The van der Waals surface area contributed by atoms with Crippen LogP contribution in [0.1, 0.15) is 38.1 Å². The maximum Gasteiger partial charge on any atom is 0.270 e. The van der Waals surface area contributed by atoms with Crippen LogP contribution in [0.25, 0.3) is 0 Å². The van der Waals surface area contributed by atoms with Crippen molar-refractivity contribution >= 4 is 23.2 Å². The lowest BCUT2D eigenvalue weighted by molar-refractivity contribution is -0.384. The van der Waals surface area contributed by atoms with Gasteiger partial charge in [-0.05, 0) is 17.4 Å². The van der Waals surface area contributed by atoms with Crippen LogP contribution in [-0.2, 0) is 0 Å². The number of non-ortho nitro benzene ring substituents is 1. The van der Waals surface area contributed by atoms with Crippen molar-refractivity contribution in [2.24, 2.45) is 11.3 Å². The number of carbonyl (C=O) groups excluding carboxylic acids is 1.